The summed E-state index contributed by atoms with van der Waals surface area (Å²) in [5.74, 6) is -0.0820. The fourth-order valence-corrected chi connectivity index (χ4v) is 3.61. The monoisotopic (exact) mass is 332 g/mol. The first-order chi connectivity index (χ1) is 9.65. The number of rotatable bonds is 6. The third-order valence-corrected chi connectivity index (χ3v) is 4.84. The van der Waals surface area contributed by atoms with Crippen molar-refractivity contribution in [1.82, 2.24) is 5.32 Å². The maximum Gasteiger partial charge on any atom is 0.251 e. The van der Waals surface area contributed by atoms with Crippen molar-refractivity contribution >= 4 is 26.7 Å². The van der Waals surface area contributed by atoms with Gasteiger partial charge >= 0.3 is 0 Å². The Morgan fingerprint density at radius 3 is 2.52 bits per heavy atom. The van der Waals surface area contributed by atoms with Crippen molar-refractivity contribution in [3.8, 4) is 0 Å². The van der Waals surface area contributed by atoms with Gasteiger partial charge < -0.3 is 5.32 Å². The summed E-state index contributed by atoms with van der Waals surface area (Å²) in [5, 5.41) is 7.85. The summed E-state index contributed by atoms with van der Waals surface area (Å²) in [6.45, 7) is 3.54. The molecule has 0 aliphatic rings. The zero-order chi connectivity index (χ0) is 16.2. The molecule has 21 heavy (non-hydrogen) atoms. The van der Waals surface area contributed by atoms with Gasteiger partial charge in [-0.3, -0.25) is 9.00 Å². The number of nitrogens with two attached hydrogens (primary N) is 1. The minimum absolute atomic E-state index is 0.0376. The van der Waals surface area contributed by atoms with Crippen molar-refractivity contribution in [1.29, 1.82) is 0 Å². The Labute approximate surface area is 127 Å². The summed E-state index contributed by atoms with van der Waals surface area (Å²) in [4.78, 5) is 12.0. The number of nitrogens with one attached hydrogen (secondary N) is 1. The van der Waals surface area contributed by atoms with Crippen LogP contribution in [0.4, 0.5) is 0 Å². The van der Waals surface area contributed by atoms with Crippen molar-refractivity contribution in [2.75, 3.05) is 12.0 Å². The highest BCUT2D eigenvalue weighted by molar-refractivity contribution is 7.89. The van der Waals surface area contributed by atoms with Gasteiger partial charge in [0, 0.05) is 34.4 Å². The van der Waals surface area contributed by atoms with Crippen molar-refractivity contribution in [2.45, 2.75) is 31.2 Å². The zero-order valence-corrected chi connectivity index (χ0v) is 13.9. The number of sulfonamides is 1. The average Bonchev–Trinajstić information content (AvgIpc) is 2.35. The molecule has 2 atom stereocenters. The van der Waals surface area contributed by atoms with Gasteiger partial charge in [-0.25, -0.2) is 13.6 Å². The number of benzene rings is 1. The second-order valence-corrected chi connectivity index (χ2v) is 7.84. The third-order valence-electron chi connectivity index (χ3n) is 2.88. The van der Waals surface area contributed by atoms with E-state index < -0.39 is 26.7 Å². The smallest absolute Gasteiger partial charge is 0.251 e. The van der Waals surface area contributed by atoms with E-state index in [2.05, 4.69) is 5.32 Å². The highest BCUT2D eigenvalue weighted by Crippen LogP contribution is 2.17. The standard InChI is InChI=1S/C13H20N2O4S2/c1-4-10-5-6-11(7-12(10)21(14,18)19)13(16)15-9(2)8-20(3)17/h5-7,9H,4,8H2,1-3H3,(H,15,16)(H2,14,18,19). The summed E-state index contributed by atoms with van der Waals surface area (Å²) >= 11 is 0. The minimum Gasteiger partial charge on any atom is -0.349 e. The first-order valence-electron chi connectivity index (χ1n) is 6.41. The van der Waals surface area contributed by atoms with Crippen LogP contribution in [0.15, 0.2) is 23.1 Å². The molecule has 0 aliphatic carbocycles. The molecule has 1 aromatic rings. The van der Waals surface area contributed by atoms with Crippen LogP contribution in [0.1, 0.15) is 29.8 Å². The molecular weight excluding hydrogens is 312 g/mol. The fraction of sp³-hybridized carbons (Fsp3) is 0.462. The topological polar surface area (TPSA) is 106 Å². The molecule has 8 heteroatoms. The van der Waals surface area contributed by atoms with Crippen LogP contribution < -0.4 is 10.5 Å². The van der Waals surface area contributed by atoms with Crippen LogP contribution in [0.3, 0.4) is 0 Å². The summed E-state index contributed by atoms with van der Waals surface area (Å²) in [6, 6.07) is 4.14. The fourth-order valence-electron chi connectivity index (χ4n) is 1.95. The molecule has 2 unspecified atom stereocenters. The molecule has 118 valence electrons. The second kappa shape index (κ2) is 7.15. The SMILES string of the molecule is CCc1ccc(C(=O)NC(C)CS(C)=O)cc1S(N)(=O)=O. The number of hydrogen-bond donors (Lipinski definition) is 2. The van der Waals surface area contributed by atoms with Crippen LogP contribution in [0, 0.1) is 0 Å². The van der Waals surface area contributed by atoms with Crippen molar-refractivity contribution in [3.05, 3.63) is 29.3 Å². The molecule has 0 heterocycles. The Morgan fingerprint density at radius 2 is 2.05 bits per heavy atom. The zero-order valence-electron chi connectivity index (χ0n) is 12.3. The quantitative estimate of drug-likeness (QED) is 0.786. The summed E-state index contributed by atoms with van der Waals surface area (Å²) < 4.78 is 34.2. The van der Waals surface area contributed by atoms with Crippen LogP contribution in [0.5, 0.6) is 0 Å². The number of aryl methyl sites for hydroxylation is 1. The lowest BCUT2D eigenvalue weighted by Gasteiger charge is -2.13. The largest absolute Gasteiger partial charge is 0.349 e. The molecule has 0 aromatic heterocycles. The van der Waals surface area contributed by atoms with Gasteiger partial charge in [-0.2, -0.15) is 0 Å². The van der Waals surface area contributed by atoms with E-state index in [1.54, 1.807) is 25.3 Å². The van der Waals surface area contributed by atoms with Gasteiger partial charge in [0.2, 0.25) is 10.0 Å². The number of carbonyl (C=O) groups excluding carboxylic acids is 1. The van der Waals surface area contributed by atoms with Crippen molar-refractivity contribution < 1.29 is 17.4 Å². The average molecular weight is 332 g/mol. The Balaban J connectivity index is 3.04. The molecule has 0 bridgehead atoms. The Kier molecular flexibility index (Phi) is 6.06. The molecule has 0 spiro atoms. The summed E-state index contributed by atoms with van der Waals surface area (Å²) in [7, 11) is -4.90. The molecule has 0 radical (unpaired) electrons. The van der Waals surface area contributed by atoms with Gasteiger partial charge in [-0.05, 0) is 31.0 Å². The molecular formula is C13H20N2O4S2. The Bertz CT molecular complexity index is 656. The highest BCUT2D eigenvalue weighted by atomic mass is 32.2. The maximum atomic E-state index is 12.1. The predicted octanol–water partition coefficient (Wildman–Crippen LogP) is 0.393. The van der Waals surface area contributed by atoms with Gasteiger partial charge in [0.25, 0.3) is 5.91 Å². The highest BCUT2D eigenvalue weighted by Gasteiger charge is 2.17. The van der Waals surface area contributed by atoms with Crippen LogP contribution in [0.25, 0.3) is 0 Å². The van der Waals surface area contributed by atoms with E-state index in [1.807, 2.05) is 6.92 Å². The van der Waals surface area contributed by atoms with Gasteiger partial charge in [0.15, 0.2) is 0 Å². The van der Waals surface area contributed by atoms with Crippen molar-refractivity contribution in [3.63, 3.8) is 0 Å². The molecule has 3 N–H and O–H groups in total. The predicted molar refractivity (Wildman–Crippen MR) is 83.1 cm³/mol. The molecule has 0 aliphatic heterocycles. The van der Waals surface area contributed by atoms with Crippen LogP contribution in [-0.2, 0) is 27.2 Å². The number of carbonyl (C=O) groups is 1. The van der Waals surface area contributed by atoms with E-state index in [-0.39, 0.29) is 16.5 Å². The number of hydrogen-bond acceptors (Lipinski definition) is 4. The lowest BCUT2D eigenvalue weighted by molar-refractivity contribution is 0.0943. The van der Waals surface area contributed by atoms with E-state index >= 15 is 0 Å². The number of primary sulfonamides is 1. The Morgan fingerprint density at radius 1 is 1.43 bits per heavy atom. The number of amides is 1. The minimum atomic E-state index is -3.88. The van der Waals surface area contributed by atoms with Crippen LogP contribution in [0.2, 0.25) is 0 Å². The maximum absolute atomic E-state index is 12.1. The molecule has 1 aromatic carbocycles. The van der Waals surface area contributed by atoms with E-state index in [0.29, 0.717) is 17.7 Å². The van der Waals surface area contributed by atoms with Gasteiger partial charge in [-0.1, -0.05) is 13.0 Å². The van der Waals surface area contributed by atoms with Crippen LogP contribution >= 0.6 is 0 Å². The molecule has 0 saturated heterocycles. The molecule has 0 fully saturated rings. The molecule has 6 nitrogen and oxygen atoms in total. The lowest BCUT2D eigenvalue weighted by Crippen LogP contribution is -2.36. The van der Waals surface area contributed by atoms with E-state index in [0.717, 1.165) is 0 Å². The van der Waals surface area contributed by atoms with Gasteiger partial charge in [-0.15, -0.1) is 0 Å². The summed E-state index contributed by atoms with van der Waals surface area (Å²) in [6.07, 6.45) is 2.05. The van der Waals surface area contributed by atoms with E-state index in [1.165, 1.54) is 6.07 Å². The molecule has 1 rings (SSSR count). The van der Waals surface area contributed by atoms with Crippen LogP contribution in [-0.4, -0.2) is 36.6 Å². The van der Waals surface area contributed by atoms with Crippen molar-refractivity contribution in [2.24, 2.45) is 5.14 Å². The first kappa shape index (κ1) is 17.8. The van der Waals surface area contributed by atoms with E-state index in [4.69, 9.17) is 5.14 Å². The van der Waals surface area contributed by atoms with E-state index in [9.17, 15) is 17.4 Å². The summed E-state index contributed by atoms with van der Waals surface area (Å²) in [5.41, 5.74) is 0.779. The molecule has 1 amide bonds. The Hall–Kier alpha value is -1.25. The molecule has 0 saturated carbocycles. The second-order valence-electron chi connectivity index (χ2n) is 4.84. The lowest BCUT2D eigenvalue weighted by atomic mass is 10.1. The normalized spacial score (nSPS) is 14.5. The van der Waals surface area contributed by atoms with Gasteiger partial charge in [0.05, 0.1) is 4.90 Å². The third kappa shape index (κ3) is 5.22. The first-order valence-corrected chi connectivity index (χ1v) is 9.69. The van der Waals surface area contributed by atoms with Gasteiger partial charge in [0.1, 0.15) is 0 Å².